The smallest absolute Gasteiger partial charge is 0.250 e. The van der Waals surface area contributed by atoms with E-state index in [0.29, 0.717) is 15.1 Å². The lowest BCUT2D eigenvalue weighted by Gasteiger charge is -2.04. The van der Waals surface area contributed by atoms with Gasteiger partial charge < -0.3 is 5.73 Å². The van der Waals surface area contributed by atoms with E-state index in [1.165, 1.54) is 12.1 Å². The van der Waals surface area contributed by atoms with Crippen molar-refractivity contribution >= 4 is 32.4 Å². The third-order valence-corrected chi connectivity index (χ3v) is 3.80. The Morgan fingerprint density at radius 3 is 2.64 bits per heavy atom. The third kappa shape index (κ3) is 3.02. The molecule has 1 atom stereocenters. The van der Waals surface area contributed by atoms with Crippen molar-refractivity contribution in [3.05, 3.63) is 22.7 Å². The van der Waals surface area contributed by atoms with Gasteiger partial charge in [-0.1, -0.05) is 0 Å². The van der Waals surface area contributed by atoms with Gasteiger partial charge >= 0.3 is 0 Å². The molecule has 0 bridgehead atoms. The van der Waals surface area contributed by atoms with Gasteiger partial charge in [0.2, 0.25) is 6.43 Å². The zero-order valence-electron chi connectivity index (χ0n) is 7.04. The highest BCUT2D eigenvalue weighted by Crippen LogP contribution is 2.23. The molecule has 0 fully saturated rings. The minimum atomic E-state index is -2.57. The molecule has 0 radical (unpaired) electrons. The second kappa shape index (κ2) is 4.84. The minimum absolute atomic E-state index is 0.347. The molecule has 14 heavy (non-hydrogen) atoms. The molecular formula is C8H8BrF2NOS. The lowest BCUT2D eigenvalue weighted by molar-refractivity contribution is 0.175. The van der Waals surface area contributed by atoms with Crippen LogP contribution in [0.1, 0.15) is 0 Å². The fourth-order valence-electron chi connectivity index (χ4n) is 0.906. The molecule has 0 aliphatic heterocycles. The molecule has 0 aliphatic carbocycles. The van der Waals surface area contributed by atoms with Gasteiger partial charge in [-0.3, -0.25) is 4.21 Å². The summed E-state index contributed by atoms with van der Waals surface area (Å²) in [6.07, 6.45) is -2.57. The molecule has 2 nitrogen and oxygen atoms in total. The maximum atomic E-state index is 11.9. The van der Waals surface area contributed by atoms with Crippen molar-refractivity contribution < 1.29 is 13.0 Å². The summed E-state index contributed by atoms with van der Waals surface area (Å²) in [4.78, 5) is 0.347. The number of hydrogen-bond acceptors (Lipinski definition) is 2. The minimum Gasteiger partial charge on any atom is -0.399 e. The number of anilines is 1. The summed E-state index contributed by atoms with van der Waals surface area (Å²) >= 11 is 3.12. The van der Waals surface area contributed by atoms with Gasteiger partial charge in [0.15, 0.2) is 0 Å². The van der Waals surface area contributed by atoms with E-state index in [1.807, 2.05) is 0 Å². The highest BCUT2D eigenvalue weighted by atomic mass is 79.9. The van der Waals surface area contributed by atoms with Gasteiger partial charge in [-0.15, -0.1) is 0 Å². The molecule has 0 heterocycles. The number of nitrogens with two attached hydrogens (primary N) is 1. The monoisotopic (exact) mass is 283 g/mol. The number of hydrogen-bond donors (Lipinski definition) is 1. The lowest BCUT2D eigenvalue weighted by atomic mass is 10.3. The first-order chi connectivity index (χ1) is 6.50. The van der Waals surface area contributed by atoms with E-state index in [2.05, 4.69) is 15.9 Å². The van der Waals surface area contributed by atoms with E-state index in [0.717, 1.165) is 0 Å². The van der Waals surface area contributed by atoms with Crippen molar-refractivity contribution in [3.63, 3.8) is 0 Å². The van der Waals surface area contributed by atoms with Crippen LogP contribution >= 0.6 is 15.9 Å². The second-order valence-corrected chi connectivity index (χ2v) is 4.91. The molecule has 0 spiro atoms. The Labute approximate surface area is 91.1 Å². The second-order valence-electron chi connectivity index (χ2n) is 2.59. The summed E-state index contributed by atoms with van der Waals surface area (Å²) in [7, 11) is -1.69. The van der Waals surface area contributed by atoms with Crippen molar-refractivity contribution in [2.24, 2.45) is 0 Å². The number of nitrogen functional groups attached to an aromatic ring is 1. The Morgan fingerprint density at radius 1 is 1.50 bits per heavy atom. The van der Waals surface area contributed by atoms with Crippen LogP contribution in [-0.2, 0) is 10.8 Å². The molecule has 78 valence electrons. The van der Waals surface area contributed by atoms with Crippen LogP contribution in [0.25, 0.3) is 0 Å². The largest absolute Gasteiger partial charge is 0.399 e. The molecule has 0 aliphatic rings. The van der Waals surface area contributed by atoms with E-state index in [9.17, 15) is 13.0 Å². The van der Waals surface area contributed by atoms with E-state index in [1.54, 1.807) is 6.07 Å². The fourth-order valence-corrected chi connectivity index (χ4v) is 2.75. The average molecular weight is 284 g/mol. The summed E-state index contributed by atoms with van der Waals surface area (Å²) < 4.78 is 35.7. The summed E-state index contributed by atoms with van der Waals surface area (Å²) in [6, 6.07) is 4.56. The molecular weight excluding hydrogens is 276 g/mol. The predicted molar refractivity (Wildman–Crippen MR) is 55.8 cm³/mol. The fraction of sp³-hybridized carbons (Fsp3) is 0.250. The average Bonchev–Trinajstić information content (AvgIpc) is 2.01. The maximum Gasteiger partial charge on any atom is 0.250 e. The topological polar surface area (TPSA) is 43.1 Å². The van der Waals surface area contributed by atoms with Crippen LogP contribution in [0.2, 0.25) is 0 Å². The van der Waals surface area contributed by atoms with Crippen LogP contribution in [0.5, 0.6) is 0 Å². The molecule has 6 heteroatoms. The van der Waals surface area contributed by atoms with Gasteiger partial charge in [-0.25, -0.2) is 8.78 Å². The van der Waals surface area contributed by atoms with Crippen molar-refractivity contribution in [1.82, 2.24) is 0 Å². The van der Waals surface area contributed by atoms with Gasteiger partial charge in [0.05, 0.1) is 21.4 Å². The van der Waals surface area contributed by atoms with Crippen LogP contribution in [0.4, 0.5) is 14.5 Å². The van der Waals surface area contributed by atoms with Crippen molar-refractivity contribution in [1.29, 1.82) is 0 Å². The first-order valence-corrected chi connectivity index (χ1v) is 5.83. The van der Waals surface area contributed by atoms with Crippen LogP contribution in [-0.4, -0.2) is 16.4 Å². The van der Waals surface area contributed by atoms with Gasteiger partial charge in [-0.05, 0) is 34.1 Å². The van der Waals surface area contributed by atoms with E-state index < -0.39 is 23.0 Å². The standard InChI is InChI=1S/C8H8BrF2NOS/c9-6-3-5(12)1-2-7(6)14(13)4-8(10)11/h1-3,8H,4,12H2. The number of halogens is 3. The summed E-state index contributed by atoms with van der Waals surface area (Å²) in [5.74, 6) is -0.650. The van der Waals surface area contributed by atoms with Crippen molar-refractivity contribution in [2.75, 3.05) is 11.5 Å². The number of rotatable bonds is 3. The highest BCUT2D eigenvalue weighted by molar-refractivity contribution is 9.10. The van der Waals surface area contributed by atoms with Crippen LogP contribution < -0.4 is 5.73 Å². The van der Waals surface area contributed by atoms with E-state index >= 15 is 0 Å². The maximum absolute atomic E-state index is 11.9. The van der Waals surface area contributed by atoms with Gasteiger partial charge in [0, 0.05) is 10.2 Å². The summed E-state index contributed by atoms with van der Waals surface area (Å²) in [5.41, 5.74) is 5.95. The molecule has 0 aromatic heterocycles. The first kappa shape index (κ1) is 11.6. The molecule has 0 saturated carbocycles. The molecule has 0 amide bonds. The third-order valence-electron chi connectivity index (χ3n) is 1.48. The molecule has 0 saturated heterocycles. The Morgan fingerprint density at radius 2 is 2.14 bits per heavy atom. The van der Waals surface area contributed by atoms with Crippen LogP contribution in [0, 0.1) is 0 Å². The van der Waals surface area contributed by atoms with Gasteiger partial charge in [-0.2, -0.15) is 0 Å². The zero-order chi connectivity index (χ0) is 10.7. The number of alkyl halides is 2. The first-order valence-electron chi connectivity index (χ1n) is 3.72. The van der Waals surface area contributed by atoms with Crippen LogP contribution in [0.15, 0.2) is 27.6 Å². The Bertz CT molecular complexity index is 359. The quantitative estimate of drug-likeness (QED) is 0.866. The van der Waals surface area contributed by atoms with Gasteiger partial charge in [0.1, 0.15) is 0 Å². The molecule has 1 aromatic carbocycles. The molecule has 1 unspecified atom stereocenters. The van der Waals surface area contributed by atoms with Crippen molar-refractivity contribution in [3.8, 4) is 0 Å². The molecule has 2 N–H and O–H groups in total. The molecule has 1 rings (SSSR count). The highest BCUT2D eigenvalue weighted by Gasteiger charge is 2.13. The van der Waals surface area contributed by atoms with Crippen LogP contribution in [0.3, 0.4) is 0 Å². The Hall–Kier alpha value is -0.490. The van der Waals surface area contributed by atoms with E-state index in [-0.39, 0.29) is 0 Å². The Balaban J connectivity index is 2.90. The normalized spacial score (nSPS) is 13.1. The molecule has 1 aromatic rings. The predicted octanol–water partition coefficient (Wildman–Crippen LogP) is 2.40. The van der Waals surface area contributed by atoms with E-state index in [4.69, 9.17) is 5.73 Å². The lowest BCUT2D eigenvalue weighted by Crippen LogP contribution is -2.07. The van der Waals surface area contributed by atoms with Gasteiger partial charge in [0.25, 0.3) is 0 Å². The SMILES string of the molecule is Nc1ccc(S(=O)CC(F)F)c(Br)c1. The zero-order valence-corrected chi connectivity index (χ0v) is 9.45. The van der Waals surface area contributed by atoms with Crippen molar-refractivity contribution in [2.45, 2.75) is 11.3 Å². The summed E-state index contributed by atoms with van der Waals surface area (Å²) in [6.45, 7) is 0. The summed E-state index contributed by atoms with van der Waals surface area (Å²) in [5, 5.41) is 0. The number of benzene rings is 1. The Kier molecular flexibility index (Phi) is 4.00.